The van der Waals surface area contributed by atoms with Crippen LogP contribution in [0.4, 0.5) is 5.69 Å². The number of hydrogen-bond donors (Lipinski definition) is 2. The molecule has 3 aromatic rings. The fraction of sp³-hybridized carbons (Fsp3) is 0.111. The standard InChI is InChI=1S/C18H17N3O3S/c1-2-20-25(23,24)15-10-8-14(9-11-15)18(22)21-16-7-3-5-13-6-4-12-19-17(13)16/h3-12,20H,2H2,1H3,(H,21,22). The summed E-state index contributed by atoms with van der Waals surface area (Å²) in [6, 6.07) is 15.1. The minimum absolute atomic E-state index is 0.123. The van der Waals surface area contributed by atoms with Crippen LogP contribution in [-0.4, -0.2) is 25.9 Å². The van der Waals surface area contributed by atoms with Gasteiger partial charge in [0, 0.05) is 23.7 Å². The highest BCUT2D eigenvalue weighted by atomic mass is 32.2. The molecule has 6 nitrogen and oxygen atoms in total. The number of nitrogens with one attached hydrogen (secondary N) is 2. The quantitative estimate of drug-likeness (QED) is 0.737. The van der Waals surface area contributed by atoms with E-state index in [1.807, 2.05) is 24.3 Å². The molecule has 128 valence electrons. The summed E-state index contributed by atoms with van der Waals surface area (Å²) < 4.78 is 26.3. The third kappa shape index (κ3) is 3.67. The van der Waals surface area contributed by atoms with Crippen LogP contribution in [-0.2, 0) is 10.0 Å². The molecule has 0 aliphatic carbocycles. The second-order valence-corrected chi connectivity index (χ2v) is 7.13. The van der Waals surface area contributed by atoms with E-state index in [-0.39, 0.29) is 10.8 Å². The van der Waals surface area contributed by atoms with Crippen molar-refractivity contribution in [1.82, 2.24) is 9.71 Å². The van der Waals surface area contributed by atoms with Crippen molar-refractivity contribution in [2.75, 3.05) is 11.9 Å². The molecule has 25 heavy (non-hydrogen) atoms. The van der Waals surface area contributed by atoms with Crippen molar-refractivity contribution in [2.24, 2.45) is 0 Å². The number of carbonyl (C=O) groups is 1. The lowest BCUT2D eigenvalue weighted by Gasteiger charge is -2.09. The third-order valence-electron chi connectivity index (χ3n) is 3.64. The van der Waals surface area contributed by atoms with Crippen LogP contribution in [0.3, 0.4) is 0 Å². The topological polar surface area (TPSA) is 88.2 Å². The molecule has 0 unspecified atom stereocenters. The Hall–Kier alpha value is -2.77. The van der Waals surface area contributed by atoms with Crippen LogP contribution in [0, 0.1) is 0 Å². The number of benzene rings is 2. The number of anilines is 1. The average Bonchev–Trinajstić information content (AvgIpc) is 2.62. The molecule has 0 saturated carbocycles. The van der Waals surface area contributed by atoms with Gasteiger partial charge < -0.3 is 5.32 Å². The minimum atomic E-state index is -3.53. The first-order valence-corrected chi connectivity index (χ1v) is 9.24. The number of pyridine rings is 1. The van der Waals surface area contributed by atoms with E-state index in [9.17, 15) is 13.2 Å². The van der Waals surface area contributed by atoms with Crippen molar-refractivity contribution in [3.63, 3.8) is 0 Å². The summed E-state index contributed by atoms with van der Waals surface area (Å²) in [5.74, 6) is -0.328. The Morgan fingerprint density at radius 2 is 1.76 bits per heavy atom. The van der Waals surface area contributed by atoms with Crippen molar-refractivity contribution in [3.8, 4) is 0 Å². The fourth-order valence-corrected chi connectivity index (χ4v) is 3.50. The molecule has 3 rings (SSSR count). The van der Waals surface area contributed by atoms with Crippen LogP contribution in [0.5, 0.6) is 0 Å². The zero-order chi connectivity index (χ0) is 17.9. The van der Waals surface area contributed by atoms with Crippen LogP contribution >= 0.6 is 0 Å². The van der Waals surface area contributed by atoms with Crippen molar-refractivity contribution < 1.29 is 13.2 Å². The number of nitrogens with zero attached hydrogens (tertiary/aromatic N) is 1. The predicted molar refractivity (Wildman–Crippen MR) is 97.0 cm³/mol. The van der Waals surface area contributed by atoms with E-state index in [4.69, 9.17) is 0 Å². The van der Waals surface area contributed by atoms with Crippen LogP contribution in [0.15, 0.2) is 65.7 Å². The Morgan fingerprint density at radius 1 is 1.04 bits per heavy atom. The molecule has 0 aliphatic heterocycles. The monoisotopic (exact) mass is 355 g/mol. The van der Waals surface area contributed by atoms with E-state index in [0.29, 0.717) is 23.3 Å². The Balaban J connectivity index is 1.84. The molecule has 0 saturated heterocycles. The first-order chi connectivity index (χ1) is 12.0. The van der Waals surface area contributed by atoms with E-state index in [1.165, 1.54) is 24.3 Å². The highest BCUT2D eigenvalue weighted by Crippen LogP contribution is 2.21. The first-order valence-electron chi connectivity index (χ1n) is 7.76. The Kier molecular flexibility index (Phi) is 4.78. The van der Waals surface area contributed by atoms with Gasteiger partial charge in [-0.2, -0.15) is 0 Å². The van der Waals surface area contributed by atoms with E-state index >= 15 is 0 Å². The normalized spacial score (nSPS) is 11.4. The zero-order valence-corrected chi connectivity index (χ0v) is 14.4. The number of rotatable bonds is 5. The number of sulfonamides is 1. The molecule has 0 aliphatic rings. The maximum absolute atomic E-state index is 12.4. The summed E-state index contributed by atoms with van der Waals surface area (Å²) in [5, 5.41) is 3.74. The summed E-state index contributed by atoms with van der Waals surface area (Å²) in [6.07, 6.45) is 1.67. The van der Waals surface area contributed by atoms with Gasteiger partial charge in [-0.1, -0.05) is 25.1 Å². The molecule has 0 atom stereocenters. The van der Waals surface area contributed by atoms with Crippen LogP contribution < -0.4 is 10.0 Å². The lowest BCUT2D eigenvalue weighted by atomic mass is 10.1. The van der Waals surface area contributed by atoms with Crippen molar-refractivity contribution >= 4 is 32.5 Å². The predicted octanol–water partition coefficient (Wildman–Crippen LogP) is 2.79. The van der Waals surface area contributed by atoms with Crippen molar-refractivity contribution in [1.29, 1.82) is 0 Å². The first kappa shape index (κ1) is 17.1. The molecule has 0 radical (unpaired) electrons. The summed E-state index contributed by atoms with van der Waals surface area (Å²) in [6.45, 7) is 2.01. The second-order valence-electron chi connectivity index (χ2n) is 5.36. The number of fused-ring (bicyclic) bond motifs is 1. The molecule has 2 N–H and O–H groups in total. The molecular formula is C18H17N3O3S. The second kappa shape index (κ2) is 7.00. The smallest absolute Gasteiger partial charge is 0.255 e. The summed E-state index contributed by atoms with van der Waals surface area (Å²) in [5.41, 5.74) is 1.67. The van der Waals surface area contributed by atoms with Crippen molar-refractivity contribution in [2.45, 2.75) is 11.8 Å². The average molecular weight is 355 g/mol. The number of amides is 1. The van der Waals surface area contributed by atoms with Crippen LogP contribution in [0.1, 0.15) is 17.3 Å². The van der Waals surface area contributed by atoms with Gasteiger partial charge >= 0.3 is 0 Å². The van der Waals surface area contributed by atoms with E-state index in [1.54, 1.807) is 19.2 Å². The molecule has 1 heterocycles. The molecular weight excluding hydrogens is 338 g/mol. The molecule has 2 aromatic carbocycles. The number of para-hydroxylation sites is 1. The summed E-state index contributed by atoms with van der Waals surface area (Å²) >= 11 is 0. The van der Waals surface area contributed by atoms with Gasteiger partial charge in [0.2, 0.25) is 10.0 Å². The van der Waals surface area contributed by atoms with Gasteiger partial charge in [0.05, 0.1) is 16.1 Å². The zero-order valence-electron chi connectivity index (χ0n) is 13.6. The number of aromatic nitrogens is 1. The Bertz CT molecular complexity index is 1010. The highest BCUT2D eigenvalue weighted by molar-refractivity contribution is 7.89. The van der Waals surface area contributed by atoms with Gasteiger partial charge in [-0.25, -0.2) is 13.1 Å². The maximum atomic E-state index is 12.4. The Morgan fingerprint density at radius 3 is 2.48 bits per heavy atom. The largest absolute Gasteiger partial charge is 0.320 e. The summed E-state index contributed by atoms with van der Waals surface area (Å²) in [4.78, 5) is 16.9. The molecule has 0 fully saturated rings. The third-order valence-corrected chi connectivity index (χ3v) is 5.20. The minimum Gasteiger partial charge on any atom is -0.320 e. The van der Waals surface area contributed by atoms with Crippen LogP contribution in [0.25, 0.3) is 10.9 Å². The van der Waals surface area contributed by atoms with Gasteiger partial charge in [0.1, 0.15) is 0 Å². The van der Waals surface area contributed by atoms with Gasteiger partial charge in [-0.3, -0.25) is 9.78 Å². The Labute approximate surface area is 146 Å². The fourth-order valence-electron chi connectivity index (χ4n) is 2.46. The molecule has 0 spiro atoms. The molecule has 1 aromatic heterocycles. The van der Waals surface area contributed by atoms with Gasteiger partial charge in [-0.15, -0.1) is 0 Å². The maximum Gasteiger partial charge on any atom is 0.255 e. The van der Waals surface area contributed by atoms with Gasteiger partial charge in [0.15, 0.2) is 0 Å². The lowest BCUT2D eigenvalue weighted by molar-refractivity contribution is 0.102. The van der Waals surface area contributed by atoms with E-state index in [2.05, 4.69) is 15.0 Å². The molecule has 1 amide bonds. The summed E-state index contributed by atoms with van der Waals surface area (Å²) in [7, 11) is -3.53. The van der Waals surface area contributed by atoms with Gasteiger partial charge in [0.25, 0.3) is 5.91 Å². The van der Waals surface area contributed by atoms with Crippen molar-refractivity contribution in [3.05, 3.63) is 66.4 Å². The SMILES string of the molecule is CCNS(=O)(=O)c1ccc(C(=O)Nc2cccc3cccnc23)cc1. The number of carbonyl (C=O) groups excluding carboxylic acids is 1. The van der Waals surface area contributed by atoms with Crippen LogP contribution in [0.2, 0.25) is 0 Å². The van der Waals surface area contributed by atoms with E-state index in [0.717, 1.165) is 5.39 Å². The van der Waals surface area contributed by atoms with Gasteiger partial charge in [-0.05, 0) is 36.4 Å². The van der Waals surface area contributed by atoms with E-state index < -0.39 is 10.0 Å². The molecule has 0 bridgehead atoms. The molecule has 7 heteroatoms. The lowest BCUT2D eigenvalue weighted by Crippen LogP contribution is -2.23. The highest BCUT2D eigenvalue weighted by Gasteiger charge is 2.14. The number of hydrogen-bond acceptors (Lipinski definition) is 4.